The second kappa shape index (κ2) is 9.99. The van der Waals surface area contributed by atoms with Crippen LogP contribution in [0.25, 0.3) is 0 Å². The lowest BCUT2D eigenvalue weighted by molar-refractivity contribution is -0.134. The molecule has 1 aromatic heterocycles. The van der Waals surface area contributed by atoms with Crippen molar-refractivity contribution in [3.8, 4) is 5.75 Å². The van der Waals surface area contributed by atoms with Crippen molar-refractivity contribution >= 4 is 23.4 Å². The Kier molecular flexibility index (Phi) is 6.63. The maximum atomic E-state index is 13.4. The van der Waals surface area contributed by atoms with Gasteiger partial charge in [-0.2, -0.15) is 0 Å². The fourth-order valence-corrected chi connectivity index (χ4v) is 4.58. The molecule has 0 spiro atoms. The molecule has 0 bridgehead atoms. The van der Waals surface area contributed by atoms with Crippen molar-refractivity contribution in [1.29, 1.82) is 0 Å². The van der Waals surface area contributed by atoms with Gasteiger partial charge in [0.25, 0.3) is 11.8 Å². The van der Waals surface area contributed by atoms with E-state index in [4.69, 9.17) is 9.47 Å². The number of carbonyl (C=O) groups is 3. The van der Waals surface area contributed by atoms with Crippen LogP contribution in [0.4, 0.5) is 5.69 Å². The molecule has 10 nitrogen and oxygen atoms in total. The smallest absolute Gasteiger partial charge is 0.275 e. The van der Waals surface area contributed by atoms with Crippen LogP contribution in [0.3, 0.4) is 0 Å². The third kappa shape index (κ3) is 5.43. The van der Waals surface area contributed by atoms with Crippen LogP contribution in [0.1, 0.15) is 53.0 Å². The van der Waals surface area contributed by atoms with Crippen molar-refractivity contribution in [3.05, 3.63) is 48.0 Å². The molecule has 1 aromatic carbocycles. The summed E-state index contributed by atoms with van der Waals surface area (Å²) in [5.74, 6) is 0.437. The summed E-state index contributed by atoms with van der Waals surface area (Å²) in [4.78, 5) is 47.7. The molecule has 1 saturated heterocycles. The molecule has 35 heavy (non-hydrogen) atoms. The van der Waals surface area contributed by atoms with Crippen LogP contribution in [-0.4, -0.2) is 71.0 Å². The first-order valence-corrected chi connectivity index (χ1v) is 12.0. The summed E-state index contributed by atoms with van der Waals surface area (Å²) in [6.45, 7) is 1.01. The first-order chi connectivity index (χ1) is 17.0. The van der Waals surface area contributed by atoms with Crippen LogP contribution in [0.15, 0.2) is 36.8 Å². The Bertz CT molecular complexity index is 1110. The third-order valence-corrected chi connectivity index (χ3v) is 6.76. The highest BCUT2D eigenvalue weighted by atomic mass is 16.5. The zero-order valence-corrected chi connectivity index (χ0v) is 19.6. The number of nitrogens with zero attached hydrogens (tertiary/aromatic N) is 3. The number of likely N-dealkylation sites (N-methyl/N-ethyl adjacent to an activating group) is 1. The Morgan fingerprint density at radius 1 is 1.17 bits per heavy atom. The molecule has 3 aliphatic rings. The predicted molar refractivity (Wildman–Crippen MR) is 126 cm³/mol. The minimum atomic E-state index is -0.418. The van der Waals surface area contributed by atoms with Gasteiger partial charge in [0.15, 0.2) is 0 Å². The first-order valence-electron chi connectivity index (χ1n) is 12.0. The molecule has 2 aromatic rings. The molecule has 2 N–H and O–H groups in total. The molecule has 5 rings (SSSR count). The average Bonchev–Trinajstić information content (AvgIpc) is 3.70. The number of amides is 3. The molecule has 0 unspecified atom stereocenters. The number of anilines is 1. The Morgan fingerprint density at radius 2 is 2.03 bits per heavy atom. The fourth-order valence-electron chi connectivity index (χ4n) is 4.58. The van der Waals surface area contributed by atoms with Crippen molar-refractivity contribution < 1.29 is 23.9 Å². The third-order valence-electron chi connectivity index (χ3n) is 6.76. The molecule has 0 radical (unpaired) electrons. The van der Waals surface area contributed by atoms with Gasteiger partial charge < -0.3 is 25.0 Å². The van der Waals surface area contributed by atoms with Gasteiger partial charge in [0.2, 0.25) is 5.91 Å². The molecule has 3 amide bonds. The molecule has 1 saturated carbocycles. The van der Waals surface area contributed by atoms with Crippen molar-refractivity contribution in [1.82, 2.24) is 20.2 Å². The molecule has 1 aliphatic carbocycles. The van der Waals surface area contributed by atoms with Crippen molar-refractivity contribution in [2.75, 3.05) is 25.5 Å². The normalized spacial score (nSPS) is 23.7. The summed E-state index contributed by atoms with van der Waals surface area (Å²) in [5.41, 5.74) is 1.00. The average molecular weight is 480 g/mol. The van der Waals surface area contributed by atoms with E-state index in [9.17, 15) is 14.4 Å². The number of carbonyl (C=O) groups excluding carboxylic acids is 3. The lowest BCUT2D eigenvalue weighted by Gasteiger charge is -2.42. The monoisotopic (exact) mass is 479 g/mol. The van der Waals surface area contributed by atoms with E-state index in [0.29, 0.717) is 35.8 Å². The molecular weight excluding hydrogens is 450 g/mol. The lowest BCUT2D eigenvalue weighted by Crippen LogP contribution is -2.54. The van der Waals surface area contributed by atoms with Crippen LogP contribution in [0, 0.1) is 5.92 Å². The molecular formula is C25H29N5O5. The van der Waals surface area contributed by atoms with E-state index in [1.54, 1.807) is 30.1 Å². The zero-order chi connectivity index (χ0) is 24.4. The van der Waals surface area contributed by atoms with E-state index in [1.807, 2.05) is 0 Å². The Hall–Kier alpha value is -3.53. The van der Waals surface area contributed by atoms with Gasteiger partial charge in [-0.05, 0) is 49.8 Å². The summed E-state index contributed by atoms with van der Waals surface area (Å²) in [5, 5.41) is 5.74. The van der Waals surface area contributed by atoms with Gasteiger partial charge in [-0.25, -0.2) is 4.98 Å². The van der Waals surface area contributed by atoms with E-state index in [-0.39, 0.29) is 42.4 Å². The first kappa shape index (κ1) is 23.2. The van der Waals surface area contributed by atoms with Gasteiger partial charge in [0, 0.05) is 31.7 Å². The standard InChI is InChI=1S/C25H29N5O5/c1-30-20-6-5-17(11-23(31)28-12-15-2-3-15)35-22(20)14-34-21-7-4-16(10-18(21)25(30)33)29-24(32)19-13-26-8-9-27-19/h4,7-10,13,15,17,20,22H,2-3,5-6,11-12,14H2,1H3,(H,28,31)(H,29,32)/t17-,20-,22+/m0/s1. The predicted octanol–water partition coefficient (Wildman–Crippen LogP) is 2.03. The highest BCUT2D eigenvalue weighted by Gasteiger charge is 2.39. The maximum Gasteiger partial charge on any atom is 0.275 e. The van der Waals surface area contributed by atoms with Gasteiger partial charge >= 0.3 is 0 Å². The molecule has 3 atom stereocenters. The second-order valence-electron chi connectivity index (χ2n) is 9.38. The van der Waals surface area contributed by atoms with Crippen molar-refractivity contribution in [3.63, 3.8) is 0 Å². The van der Waals surface area contributed by atoms with Crippen LogP contribution in [-0.2, 0) is 9.53 Å². The molecule has 184 valence electrons. The van der Waals surface area contributed by atoms with Crippen LogP contribution < -0.4 is 15.4 Å². The van der Waals surface area contributed by atoms with Crippen molar-refractivity contribution in [2.24, 2.45) is 5.92 Å². The number of rotatable bonds is 6. The number of benzene rings is 1. The van der Waals surface area contributed by atoms with Gasteiger partial charge in [0.05, 0.1) is 30.3 Å². The lowest BCUT2D eigenvalue weighted by atomic mass is 9.94. The highest BCUT2D eigenvalue weighted by molar-refractivity contribution is 6.04. The zero-order valence-electron chi connectivity index (χ0n) is 19.6. The largest absolute Gasteiger partial charge is 0.490 e. The van der Waals surface area contributed by atoms with E-state index >= 15 is 0 Å². The molecule has 2 fully saturated rings. The quantitative estimate of drug-likeness (QED) is 0.650. The fraction of sp³-hybridized carbons (Fsp3) is 0.480. The summed E-state index contributed by atoms with van der Waals surface area (Å²) in [6, 6.07) is 4.78. The Labute approximate surface area is 203 Å². The Balaban J connectivity index is 1.25. The van der Waals surface area contributed by atoms with E-state index in [0.717, 1.165) is 13.0 Å². The van der Waals surface area contributed by atoms with Crippen LogP contribution >= 0.6 is 0 Å². The minimum Gasteiger partial charge on any atom is -0.490 e. The summed E-state index contributed by atoms with van der Waals surface area (Å²) in [6.07, 6.45) is 7.89. The van der Waals surface area contributed by atoms with Gasteiger partial charge in [-0.15, -0.1) is 0 Å². The number of fused-ring (bicyclic) bond motifs is 2. The summed E-state index contributed by atoms with van der Waals surface area (Å²) < 4.78 is 12.2. The number of ether oxygens (including phenoxy) is 2. The SMILES string of the molecule is CN1C(=O)c2cc(NC(=O)c3cnccn3)ccc2OC[C@H]2O[C@H](CC(=O)NCC3CC3)CC[C@@H]21. The topological polar surface area (TPSA) is 123 Å². The van der Waals surface area contributed by atoms with E-state index in [1.165, 1.54) is 31.4 Å². The van der Waals surface area contributed by atoms with Crippen LogP contribution in [0.5, 0.6) is 5.75 Å². The number of aromatic nitrogens is 2. The van der Waals surface area contributed by atoms with Gasteiger partial charge in [-0.3, -0.25) is 19.4 Å². The van der Waals surface area contributed by atoms with Gasteiger partial charge in [0.1, 0.15) is 24.2 Å². The second-order valence-corrected chi connectivity index (χ2v) is 9.38. The molecule has 2 aliphatic heterocycles. The summed E-state index contributed by atoms with van der Waals surface area (Å²) >= 11 is 0. The highest BCUT2D eigenvalue weighted by Crippen LogP contribution is 2.33. The minimum absolute atomic E-state index is 0.0120. The maximum absolute atomic E-state index is 13.4. The summed E-state index contributed by atoms with van der Waals surface area (Å²) in [7, 11) is 1.76. The molecule has 3 heterocycles. The number of hydrogen-bond acceptors (Lipinski definition) is 7. The van der Waals surface area contributed by atoms with E-state index in [2.05, 4.69) is 20.6 Å². The molecule has 10 heteroatoms. The number of hydrogen-bond donors (Lipinski definition) is 2. The van der Waals surface area contributed by atoms with Crippen molar-refractivity contribution in [2.45, 2.75) is 50.4 Å². The van der Waals surface area contributed by atoms with Crippen LogP contribution in [0.2, 0.25) is 0 Å². The number of nitrogens with one attached hydrogen (secondary N) is 2. The Morgan fingerprint density at radius 3 is 2.80 bits per heavy atom. The van der Waals surface area contributed by atoms with Gasteiger partial charge in [-0.1, -0.05) is 0 Å². The van der Waals surface area contributed by atoms with E-state index < -0.39 is 5.91 Å².